The van der Waals surface area contributed by atoms with Gasteiger partial charge in [0.25, 0.3) is 11.5 Å². The van der Waals surface area contributed by atoms with Gasteiger partial charge in [0.05, 0.1) is 11.6 Å². The average Bonchev–Trinajstić information content (AvgIpc) is 2.72. The first-order chi connectivity index (χ1) is 13.5. The lowest BCUT2D eigenvalue weighted by atomic mass is 9.83. The maximum Gasteiger partial charge on any atom is 0.252 e. The summed E-state index contributed by atoms with van der Waals surface area (Å²) in [7, 11) is 0. The largest absolute Gasteiger partial charge is 0.352 e. The van der Waals surface area contributed by atoms with Gasteiger partial charge in [0, 0.05) is 47.2 Å². The van der Waals surface area contributed by atoms with Crippen molar-refractivity contribution in [3.05, 3.63) is 51.7 Å². The van der Waals surface area contributed by atoms with Crippen LogP contribution in [-0.4, -0.2) is 22.4 Å². The summed E-state index contributed by atoms with van der Waals surface area (Å²) >= 11 is 0. The summed E-state index contributed by atoms with van der Waals surface area (Å²) in [6.07, 6.45) is 7.70. The topological polar surface area (TPSA) is 98.6 Å². The van der Waals surface area contributed by atoms with E-state index in [9.17, 15) is 9.59 Å². The van der Waals surface area contributed by atoms with Crippen LogP contribution in [0.1, 0.15) is 54.2 Å². The number of hydrogen-bond donors (Lipinski definition) is 2. The number of rotatable bonds is 5. The van der Waals surface area contributed by atoms with E-state index in [2.05, 4.69) is 21.4 Å². The van der Waals surface area contributed by atoms with Gasteiger partial charge in [0.1, 0.15) is 0 Å². The second-order valence-electron chi connectivity index (χ2n) is 7.53. The van der Waals surface area contributed by atoms with Crippen molar-refractivity contribution >= 4 is 5.91 Å². The van der Waals surface area contributed by atoms with Crippen LogP contribution in [0.25, 0.3) is 11.1 Å². The predicted molar refractivity (Wildman–Crippen MR) is 108 cm³/mol. The third kappa shape index (κ3) is 4.48. The number of carbonyl (C=O) groups excluding carboxylic acids is 1. The normalized spacial score (nSPS) is 19.0. The molecule has 0 aromatic carbocycles. The fraction of sp³-hybridized carbons (Fsp3) is 0.455. The molecular weight excluding hydrogens is 352 g/mol. The molecule has 1 aliphatic rings. The molecule has 6 nitrogen and oxygen atoms in total. The van der Waals surface area contributed by atoms with Gasteiger partial charge in [0.2, 0.25) is 0 Å². The molecule has 2 aromatic heterocycles. The molecule has 0 radical (unpaired) electrons. The first-order valence-electron chi connectivity index (χ1n) is 9.87. The Kier molecular flexibility index (Phi) is 6.25. The molecule has 28 heavy (non-hydrogen) atoms. The number of carbonyl (C=O) groups is 1. The van der Waals surface area contributed by atoms with E-state index in [0.717, 1.165) is 42.5 Å². The van der Waals surface area contributed by atoms with Crippen LogP contribution in [0.5, 0.6) is 0 Å². The monoisotopic (exact) mass is 378 g/mol. The molecule has 0 unspecified atom stereocenters. The highest BCUT2D eigenvalue weighted by Gasteiger charge is 2.21. The van der Waals surface area contributed by atoms with Gasteiger partial charge in [-0.05, 0) is 57.1 Å². The number of aromatic amines is 1. The molecule has 1 aliphatic carbocycles. The van der Waals surface area contributed by atoms with Crippen molar-refractivity contribution in [1.29, 1.82) is 5.26 Å². The summed E-state index contributed by atoms with van der Waals surface area (Å²) in [4.78, 5) is 31.6. The maximum atomic E-state index is 12.6. The van der Waals surface area contributed by atoms with E-state index in [-0.39, 0.29) is 17.4 Å². The number of nitriles is 1. The van der Waals surface area contributed by atoms with Crippen molar-refractivity contribution in [2.45, 2.75) is 46.0 Å². The summed E-state index contributed by atoms with van der Waals surface area (Å²) < 4.78 is 0. The van der Waals surface area contributed by atoms with Gasteiger partial charge < -0.3 is 10.3 Å². The summed E-state index contributed by atoms with van der Waals surface area (Å²) in [6.45, 7) is 4.41. The van der Waals surface area contributed by atoms with Crippen molar-refractivity contribution in [1.82, 2.24) is 15.3 Å². The zero-order valence-electron chi connectivity index (χ0n) is 16.4. The quantitative estimate of drug-likeness (QED) is 0.833. The molecule has 0 spiro atoms. The zero-order valence-corrected chi connectivity index (χ0v) is 16.4. The van der Waals surface area contributed by atoms with E-state index in [1.807, 2.05) is 26.0 Å². The highest BCUT2D eigenvalue weighted by molar-refractivity contribution is 5.95. The minimum Gasteiger partial charge on any atom is -0.352 e. The summed E-state index contributed by atoms with van der Waals surface area (Å²) in [6, 6.07) is 6.03. The predicted octanol–water partition coefficient (Wildman–Crippen LogP) is 3.37. The van der Waals surface area contributed by atoms with Crippen molar-refractivity contribution in [3.8, 4) is 17.2 Å². The van der Waals surface area contributed by atoms with Crippen LogP contribution in [0.2, 0.25) is 0 Å². The van der Waals surface area contributed by atoms with Crippen LogP contribution in [0, 0.1) is 30.1 Å². The third-order valence-corrected chi connectivity index (χ3v) is 5.59. The number of nitrogens with zero attached hydrogens (tertiary/aromatic N) is 2. The lowest BCUT2D eigenvalue weighted by Gasteiger charge is -2.24. The van der Waals surface area contributed by atoms with Gasteiger partial charge in [-0.2, -0.15) is 5.26 Å². The Bertz CT molecular complexity index is 950. The number of hydrogen-bond acceptors (Lipinski definition) is 4. The fourth-order valence-electron chi connectivity index (χ4n) is 3.77. The average molecular weight is 378 g/mol. The van der Waals surface area contributed by atoms with Crippen LogP contribution in [0.15, 0.2) is 29.3 Å². The molecule has 6 heteroatoms. The van der Waals surface area contributed by atoms with Crippen LogP contribution in [0.3, 0.4) is 0 Å². The Labute approximate surface area is 165 Å². The van der Waals surface area contributed by atoms with Gasteiger partial charge in [0.15, 0.2) is 0 Å². The van der Waals surface area contributed by atoms with Crippen LogP contribution in [0.4, 0.5) is 0 Å². The lowest BCUT2D eigenvalue weighted by molar-refractivity contribution is 0.0942. The highest BCUT2D eigenvalue weighted by Crippen LogP contribution is 2.28. The molecule has 0 bridgehead atoms. The zero-order chi connectivity index (χ0) is 20.1. The minimum atomic E-state index is -0.144. The fourth-order valence-corrected chi connectivity index (χ4v) is 3.77. The van der Waals surface area contributed by atoms with E-state index < -0.39 is 0 Å². The molecule has 1 fully saturated rings. The van der Waals surface area contributed by atoms with E-state index >= 15 is 0 Å². The number of nitrogens with one attached hydrogen (secondary N) is 2. The van der Waals surface area contributed by atoms with Gasteiger partial charge >= 0.3 is 0 Å². The molecule has 2 heterocycles. The molecule has 0 saturated heterocycles. The maximum absolute atomic E-state index is 12.6. The molecule has 3 rings (SSSR count). The lowest BCUT2D eigenvalue weighted by Crippen LogP contribution is -2.31. The Morgan fingerprint density at radius 1 is 1.29 bits per heavy atom. The number of aromatic nitrogens is 2. The smallest absolute Gasteiger partial charge is 0.252 e. The van der Waals surface area contributed by atoms with Crippen molar-refractivity contribution in [2.24, 2.45) is 11.8 Å². The van der Waals surface area contributed by atoms with Crippen LogP contribution >= 0.6 is 0 Å². The Morgan fingerprint density at radius 2 is 2.04 bits per heavy atom. The third-order valence-electron chi connectivity index (χ3n) is 5.59. The Morgan fingerprint density at radius 3 is 2.71 bits per heavy atom. The van der Waals surface area contributed by atoms with Gasteiger partial charge in [-0.3, -0.25) is 14.6 Å². The van der Waals surface area contributed by atoms with E-state index in [4.69, 9.17) is 5.26 Å². The first kappa shape index (κ1) is 19.8. The SMILES string of the molecule is CCc1cc(-c2cncc(C(=O)NCC3CCC(C#N)CC3)c2)c(C)[nH]c1=O. The molecule has 2 aromatic rings. The number of H-pyrrole nitrogens is 1. The van der Waals surface area contributed by atoms with Gasteiger partial charge in [-0.25, -0.2) is 0 Å². The number of aryl methyl sites for hydroxylation is 2. The van der Waals surface area contributed by atoms with Crippen molar-refractivity contribution < 1.29 is 4.79 Å². The van der Waals surface area contributed by atoms with Crippen LogP contribution in [-0.2, 0) is 6.42 Å². The van der Waals surface area contributed by atoms with Crippen molar-refractivity contribution in [3.63, 3.8) is 0 Å². The molecule has 0 atom stereocenters. The molecule has 146 valence electrons. The van der Waals surface area contributed by atoms with Gasteiger partial charge in [-0.15, -0.1) is 0 Å². The molecule has 1 saturated carbocycles. The van der Waals surface area contributed by atoms with E-state index in [1.54, 1.807) is 12.4 Å². The molecule has 1 amide bonds. The van der Waals surface area contributed by atoms with E-state index in [1.165, 1.54) is 0 Å². The summed E-state index contributed by atoms with van der Waals surface area (Å²) in [5, 5.41) is 12.0. The van der Waals surface area contributed by atoms with E-state index in [0.29, 0.717) is 30.0 Å². The summed E-state index contributed by atoms with van der Waals surface area (Å²) in [5.41, 5.74) is 3.60. The molecule has 2 N–H and O–H groups in total. The highest BCUT2D eigenvalue weighted by atomic mass is 16.1. The number of pyridine rings is 2. The Hall–Kier alpha value is -2.94. The second kappa shape index (κ2) is 8.83. The van der Waals surface area contributed by atoms with Crippen molar-refractivity contribution in [2.75, 3.05) is 6.54 Å². The standard InChI is InChI=1S/C22H26N4O2/c1-3-17-9-20(14(2)26-22(17)28)18-8-19(13-24-12-18)21(27)25-11-16-6-4-15(10-23)5-7-16/h8-9,12-13,15-16H,3-7,11H2,1-2H3,(H,25,27)(H,26,28). The van der Waals surface area contributed by atoms with Gasteiger partial charge in [-0.1, -0.05) is 6.92 Å². The first-order valence-corrected chi connectivity index (χ1v) is 9.87. The second-order valence-corrected chi connectivity index (χ2v) is 7.53. The Balaban J connectivity index is 1.70. The van der Waals surface area contributed by atoms with Crippen LogP contribution < -0.4 is 10.9 Å². The number of amides is 1. The molecular formula is C22H26N4O2. The summed E-state index contributed by atoms with van der Waals surface area (Å²) in [5.74, 6) is 0.453. The minimum absolute atomic E-state index is 0.0725. The molecule has 0 aliphatic heterocycles.